The van der Waals surface area contributed by atoms with Gasteiger partial charge in [-0.2, -0.15) is 13.2 Å². The van der Waals surface area contributed by atoms with Gasteiger partial charge in [0, 0.05) is 24.7 Å². The monoisotopic (exact) mass is 468 g/mol. The minimum absolute atomic E-state index is 0.0118. The van der Waals surface area contributed by atoms with Gasteiger partial charge in [-0.15, -0.1) is 0 Å². The molecule has 1 amide bonds. The van der Waals surface area contributed by atoms with Crippen LogP contribution in [0, 0.1) is 11.7 Å². The summed E-state index contributed by atoms with van der Waals surface area (Å²) in [6.07, 6.45) is -3.95. The highest BCUT2D eigenvalue weighted by molar-refractivity contribution is 6.34. The number of aromatic nitrogens is 3. The molecule has 0 saturated carbocycles. The van der Waals surface area contributed by atoms with Crippen molar-refractivity contribution < 1.29 is 22.4 Å². The molecule has 32 heavy (non-hydrogen) atoms. The molecule has 11 heteroatoms. The number of hydrogen-bond acceptors (Lipinski definition) is 4. The van der Waals surface area contributed by atoms with Crippen molar-refractivity contribution in [2.75, 3.05) is 0 Å². The van der Waals surface area contributed by atoms with Gasteiger partial charge in [0.25, 0.3) is 5.56 Å². The second kappa shape index (κ2) is 9.07. The third-order valence-electron chi connectivity index (χ3n) is 4.48. The molecule has 168 valence electrons. The van der Waals surface area contributed by atoms with E-state index in [0.29, 0.717) is 11.8 Å². The van der Waals surface area contributed by atoms with E-state index >= 15 is 0 Å². The zero-order chi connectivity index (χ0) is 23.6. The number of aromatic amines is 1. The minimum Gasteiger partial charge on any atom is -0.352 e. The molecule has 3 aromatic rings. The van der Waals surface area contributed by atoms with Gasteiger partial charge in [-0.3, -0.25) is 14.6 Å². The zero-order valence-electron chi connectivity index (χ0n) is 16.8. The normalized spacial score (nSPS) is 11.6. The largest absolute Gasteiger partial charge is 0.417 e. The maximum absolute atomic E-state index is 14.6. The molecular weight excluding hydrogens is 452 g/mol. The van der Waals surface area contributed by atoms with Gasteiger partial charge in [-0.05, 0) is 23.8 Å². The van der Waals surface area contributed by atoms with Crippen molar-refractivity contribution in [3.8, 4) is 22.8 Å². The number of benzene rings is 1. The SMILES string of the molecule is CC(C)C(=O)NCc1ccc(F)c(-c2nc(-c3ccc(C(F)(F)F)cn3)cc(=O)[nH]2)c1Cl. The molecule has 2 N–H and O–H groups in total. The van der Waals surface area contributed by atoms with E-state index in [1.54, 1.807) is 13.8 Å². The van der Waals surface area contributed by atoms with Gasteiger partial charge in [-0.1, -0.05) is 31.5 Å². The average molecular weight is 469 g/mol. The Morgan fingerprint density at radius 2 is 1.91 bits per heavy atom. The first-order chi connectivity index (χ1) is 15.0. The molecule has 0 saturated heterocycles. The van der Waals surface area contributed by atoms with Crippen molar-refractivity contribution in [2.45, 2.75) is 26.6 Å². The van der Waals surface area contributed by atoms with Gasteiger partial charge in [0.1, 0.15) is 11.6 Å². The van der Waals surface area contributed by atoms with E-state index < -0.39 is 23.1 Å². The third kappa shape index (κ3) is 5.13. The summed E-state index contributed by atoms with van der Waals surface area (Å²) in [5, 5.41) is 2.59. The van der Waals surface area contributed by atoms with E-state index in [4.69, 9.17) is 11.6 Å². The molecule has 0 aliphatic heterocycles. The fraction of sp³-hybridized carbons (Fsp3) is 0.238. The molecule has 0 aliphatic rings. The van der Waals surface area contributed by atoms with Crippen LogP contribution in [0.2, 0.25) is 5.02 Å². The summed E-state index contributed by atoms with van der Waals surface area (Å²) in [4.78, 5) is 34.2. The number of amides is 1. The van der Waals surface area contributed by atoms with Crippen molar-refractivity contribution in [3.05, 3.63) is 68.8 Å². The topological polar surface area (TPSA) is 87.7 Å². The van der Waals surface area contributed by atoms with E-state index in [1.165, 1.54) is 6.07 Å². The Morgan fingerprint density at radius 1 is 1.19 bits per heavy atom. The van der Waals surface area contributed by atoms with Crippen molar-refractivity contribution in [1.29, 1.82) is 0 Å². The molecule has 3 rings (SSSR count). The number of hydrogen-bond donors (Lipinski definition) is 2. The highest BCUT2D eigenvalue weighted by atomic mass is 35.5. The Hall–Kier alpha value is -3.27. The molecule has 1 aromatic carbocycles. The molecule has 0 radical (unpaired) electrons. The maximum Gasteiger partial charge on any atom is 0.417 e. The minimum atomic E-state index is -4.57. The lowest BCUT2D eigenvalue weighted by atomic mass is 10.1. The zero-order valence-corrected chi connectivity index (χ0v) is 17.6. The Morgan fingerprint density at radius 3 is 2.50 bits per heavy atom. The summed E-state index contributed by atoms with van der Waals surface area (Å²) in [5.41, 5.74) is -1.54. The molecular formula is C21H17ClF4N4O2. The predicted octanol–water partition coefficient (Wildman–Crippen LogP) is 4.58. The van der Waals surface area contributed by atoms with Crippen LogP contribution in [0.25, 0.3) is 22.8 Å². The lowest BCUT2D eigenvalue weighted by molar-refractivity contribution is -0.137. The third-order valence-corrected chi connectivity index (χ3v) is 4.91. The van der Waals surface area contributed by atoms with Crippen LogP contribution in [0.15, 0.2) is 41.3 Å². The van der Waals surface area contributed by atoms with Gasteiger partial charge in [0.2, 0.25) is 5.91 Å². The summed E-state index contributed by atoms with van der Waals surface area (Å²) in [7, 11) is 0. The van der Waals surface area contributed by atoms with Crippen LogP contribution in [0.1, 0.15) is 25.0 Å². The number of nitrogens with zero attached hydrogens (tertiary/aromatic N) is 2. The molecule has 0 unspecified atom stereocenters. The van der Waals surface area contributed by atoms with Crippen LogP contribution >= 0.6 is 11.6 Å². The molecule has 6 nitrogen and oxygen atoms in total. The van der Waals surface area contributed by atoms with E-state index in [-0.39, 0.29) is 46.2 Å². The van der Waals surface area contributed by atoms with Crippen molar-refractivity contribution in [2.24, 2.45) is 5.92 Å². The Balaban J connectivity index is 2.02. The first-order valence-electron chi connectivity index (χ1n) is 9.37. The predicted molar refractivity (Wildman–Crippen MR) is 110 cm³/mol. The summed E-state index contributed by atoms with van der Waals surface area (Å²) in [6, 6.07) is 5.39. The summed E-state index contributed by atoms with van der Waals surface area (Å²) in [6.45, 7) is 3.44. The van der Waals surface area contributed by atoms with Crippen LogP contribution in [0.3, 0.4) is 0 Å². The number of pyridine rings is 1. The van der Waals surface area contributed by atoms with Gasteiger partial charge in [0.05, 0.1) is 27.5 Å². The maximum atomic E-state index is 14.6. The van der Waals surface area contributed by atoms with Crippen LogP contribution < -0.4 is 10.9 Å². The Kier molecular flexibility index (Phi) is 6.63. The van der Waals surface area contributed by atoms with Crippen molar-refractivity contribution in [1.82, 2.24) is 20.3 Å². The molecule has 0 spiro atoms. The van der Waals surface area contributed by atoms with Gasteiger partial charge in [0.15, 0.2) is 0 Å². The number of alkyl halides is 3. The number of carbonyl (C=O) groups is 1. The van der Waals surface area contributed by atoms with Gasteiger partial charge < -0.3 is 10.3 Å². The first-order valence-corrected chi connectivity index (χ1v) is 9.75. The lowest BCUT2D eigenvalue weighted by Gasteiger charge is -2.13. The van der Waals surface area contributed by atoms with E-state index in [9.17, 15) is 27.2 Å². The number of H-pyrrole nitrogens is 1. The Bertz CT molecular complexity index is 1210. The van der Waals surface area contributed by atoms with E-state index in [0.717, 1.165) is 24.3 Å². The van der Waals surface area contributed by atoms with E-state index in [1.807, 2.05) is 0 Å². The molecule has 0 atom stereocenters. The average Bonchev–Trinajstić information content (AvgIpc) is 2.72. The summed E-state index contributed by atoms with van der Waals surface area (Å²) >= 11 is 6.34. The van der Waals surface area contributed by atoms with Gasteiger partial charge in [-0.25, -0.2) is 9.37 Å². The molecule has 2 heterocycles. The van der Waals surface area contributed by atoms with Crippen LogP contribution in [-0.2, 0) is 17.5 Å². The molecule has 0 bridgehead atoms. The number of carbonyl (C=O) groups excluding carboxylic acids is 1. The van der Waals surface area contributed by atoms with Crippen LogP contribution in [0.4, 0.5) is 17.6 Å². The standard InChI is InChI=1S/C21H17ClF4N4O2/c1-10(2)20(32)28-8-11-3-5-13(23)17(18(11)22)19-29-15(7-16(31)30-19)14-6-4-12(9-27-14)21(24,25)26/h3-7,9-10H,8H2,1-2H3,(H,28,32)(H,29,30,31). The summed E-state index contributed by atoms with van der Waals surface area (Å²) in [5.74, 6) is -1.50. The van der Waals surface area contributed by atoms with Crippen LogP contribution in [0.5, 0.6) is 0 Å². The quantitative estimate of drug-likeness (QED) is 0.536. The number of nitrogens with one attached hydrogen (secondary N) is 2. The first kappa shape index (κ1) is 23.4. The fourth-order valence-corrected chi connectivity index (χ4v) is 3.07. The second-order valence-electron chi connectivity index (χ2n) is 7.18. The number of halogens is 5. The van der Waals surface area contributed by atoms with Crippen molar-refractivity contribution in [3.63, 3.8) is 0 Å². The second-order valence-corrected chi connectivity index (χ2v) is 7.56. The molecule has 2 aromatic heterocycles. The Labute approximate surface area is 184 Å². The van der Waals surface area contributed by atoms with Gasteiger partial charge >= 0.3 is 6.18 Å². The molecule has 0 aliphatic carbocycles. The molecule has 0 fully saturated rings. The smallest absolute Gasteiger partial charge is 0.352 e. The fourth-order valence-electron chi connectivity index (χ4n) is 2.76. The van der Waals surface area contributed by atoms with E-state index in [2.05, 4.69) is 20.3 Å². The number of rotatable bonds is 5. The van der Waals surface area contributed by atoms with Crippen LogP contribution in [-0.4, -0.2) is 20.9 Å². The highest BCUT2D eigenvalue weighted by Crippen LogP contribution is 2.32. The lowest BCUT2D eigenvalue weighted by Crippen LogP contribution is -2.27. The highest BCUT2D eigenvalue weighted by Gasteiger charge is 2.30. The van der Waals surface area contributed by atoms with Crippen molar-refractivity contribution >= 4 is 17.5 Å². The summed E-state index contributed by atoms with van der Waals surface area (Å²) < 4.78 is 52.9.